The summed E-state index contributed by atoms with van der Waals surface area (Å²) in [5.41, 5.74) is 2.23. The molecule has 1 amide bonds. The Morgan fingerprint density at radius 2 is 2.10 bits per heavy atom. The van der Waals surface area contributed by atoms with Gasteiger partial charge in [0.2, 0.25) is 5.91 Å². The summed E-state index contributed by atoms with van der Waals surface area (Å²) in [7, 11) is 2.04. The minimum absolute atomic E-state index is 0.240. The summed E-state index contributed by atoms with van der Waals surface area (Å²) < 4.78 is 0. The standard InChI is InChI=1S/C15H24N4O/c1-5-7-14(20)19-9-8-13-12(10-19)15(18(4)6-2)17-11(3)16-13/h5-10H2,1-4H3. The average molecular weight is 276 g/mol. The summed E-state index contributed by atoms with van der Waals surface area (Å²) in [6.07, 6.45) is 2.36. The van der Waals surface area contributed by atoms with Gasteiger partial charge in [0.25, 0.3) is 0 Å². The molecule has 2 rings (SSSR count). The lowest BCUT2D eigenvalue weighted by Gasteiger charge is -2.31. The first-order valence-corrected chi connectivity index (χ1v) is 7.42. The molecule has 1 aromatic heterocycles. The molecule has 110 valence electrons. The first-order valence-electron chi connectivity index (χ1n) is 7.42. The average Bonchev–Trinajstić information content (AvgIpc) is 2.45. The zero-order valence-electron chi connectivity index (χ0n) is 12.9. The van der Waals surface area contributed by atoms with Gasteiger partial charge in [0, 0.05) is 38.5 Å². The fraction of sp³-hybridized carbons (Fsp3) is 0.667. The van der Waals surface area contributed by atoms with Gasteiger partial charge in [0.05, 0.1) is 12.2 Å². The number of hydrogen-bond acceptors (Lipinski definition) is 4. The topological polar surface area (TPSA) is 49.3 Å². The van der Waals surface area contributed by atoms with Crippen molar-refractivity contribution in [2.45, 2.75) is 46.6 Å². The molecule has 0 atom stereocenters. The van der Waals surface area contributed by atoms with Crippen LogP contribution in [0.4, 0.5) is 5.82 Å². The second kappa shape index (κ2) is 6.20. The molecule has 0 aromatic carbocycles. The van der Waals surface area contributed by atoms with Crippen LogP contribution in [0.3, 0.4) is 0 Å². The fourth-order valence-electron chi connectivity index (χ4n) is 2.57. The van der Waals surface area contributed by atoms with Crippen molar-refractivity contribution in [2.24, 2.45) is 0 Å². The Bertz CT molecular complexity index is 501. The van der Waals surface area contributed by atoms with Crippen LogP contribution in [-0.4, -0.2) is 40.9 Å². The molecule has 5 heteroatoms. The number of rotatable bonds is 4. The highest BCUT2D eigenvalue weighted by atomic mass is 16.2. The summed E-state index contributed by atoms with van der Waals surface area (Å²) in [5.74, 6) is 2.03. The molecule has 20 heavy (non-hydrogen) atoms. The highest BCUT2D eigenvalue weighted by Crippen LogP contribution is 2.26. The summed E-state index contributed by atoms with van der Waals surface area (Å²) in [4.78, 5) is 25.3. The van der Waals surface area contributed by atoms with Crippen molar-refractivity contribution < 1.29 is 4.79 Å². The van der Waals surface area contributed by atoms with E-state index in [4.69, 9.17) is 0 Å². The van der Waals surface area contributed by atoms with Crippen molar-refractivity contribution in [1.82, 2.24) is 14.9 Å². The molecule has 0 unspecified atom stereocenters. The van der Waals surface area contributed by atoms with Gasteiger partial charge in [0.15, 0.2) is 0 Å². The van der Waals surface area contributed by atoms with Gasteiger partial charge in [-0.1, -0.05) is 6.92 Å². The van der Waals surface area contributed by atoms with Crippen LogP contribution < -0.4 is 4.90 Å². The second-order valence-electron chi connectivity index (χ2n) is 5.35. The lowest BCUT2D eigenvalue weighted by Crippen LogP contribution is -2.37. The zero-order chi connectivity index (χ0) is 14.7. The maximum atomic E-state index is 12.1. The summed E-state index contributed by atoms with van der Waals surface area (Å²) in [6.45, 7) is 8.39. The molecule has 0 fully saturated rings. The monoisotopic (exact) mass is 276 g/mol. The molecular weight excluding hydrogens is 252 g/mol. The predicted octanol–water partition coefficient (Wildman–Crippen LogP) is 1.93. The van der Waals surface area contributed by atoms with E-state index < -0.39 is 0 Å². The first-order chi connectivity index (χ1) is 9.56. The van der Waals surface area contributed by atoms with Gasteiger partial charge in [-0.15, -0.1) is 0 Å². The molecule has 0 aliphatic carbocycles. The van der Waals surface area contributed by atoms with E-state index in [2.05, 4.69) is 21.8 Å². The summed E-state index contributed by atoms with van der Waals surface area (Å²) in [5, 5.41) is 0. The molecule has 0 saturated carbocycles. The van der Waals surface area contributed by atoms with Crippen molar-refractivity contribution in [3.05, 3.63) is 17.1 Å². The first kappa shape index (κ1) is 14.8. The Morgan fingerprint density at radius 1 is 1.35 bits per heavy atom. The van der Waals surface area contributed by atoms with Crippen molar-refractivity contribution in [2.75, 3.05) is 25.0 Å². The molecule has 0 bridgehead atoms. The van der Waals surface area contributed by atoms with Gasteiger partial charge >= 0.3 is 0 Å². The Kier molecular flexibility index (Phi) is 4.57. The smallest absolute Gasteiger partial charge is 0.222 e. The van der Waals surface area contributed by atoms with Crippen molar-refractivity contribution in [1.29, 1.82) is 0 Å². The Labute approximate surface area is 121 Å². The van der Waals surface area contributed by atoms with Crippen LogP contribution >= 0.6 is 0 Å². The van der Waals surface area contributed by atoms with E-state index in [1.165, 1.54) is 0 Å². The van der Waals surface area contributed by atoms with Gasteiger partial charge < -0.3 is 9.80 Å². The number of anilines is 1. The Hall–Kier alpha value is -1.65. The lowest BCUT2D eigenvalue weighted by atomic mass is 10.0. The normalized spacial score (nSPS) is 14.1. The number of hydrogen-bond donors (Lipinski definition) is 0. The largest absolute Gasteiger partial charge is 0.360 e. The molecule has 1 aromatic rings. The highest BCUT2D eigenvalue weighted by molar-refractivity contribution is 5.76. The van der Waals surface area contributed by atoms with Gasteiger partial charge in [-0.2, -0.15) is 0 Å². The molecule has 0 spiro atoms. The number of amides is 1. The van der Waals surface area contributed by atoms with Crippen LogP contribution in [0, 0.1) is 6.92 Å². The van der Waals surface area contributed by atoms with E-state index in [9.17, 15) is 4.79 Å². The fourth-order valence-corrected chi connectivity index (χ4v) is 2.57. The van der Waals surface area contributed by atoms with E-state index in [0.717, 1.165) is 48.8 Å². The van der Waals surface area contributed by atoms with Crippen LogP contribution in [0.2, 0.25) is 0 Å². The molecule has 1 aliphatic rings. The number of aromatic nitrogens is 2. The summed E-state index contributed by atoms with van der Waals surface area (Å²) >= 11 is 0. The van der Waals surface area contributed by atoms with Crippen LogP contribution in [0.1, 0.15) is 43.8 Å². The molecule has 0 saturated heterocycles. The third-order valence-electron chi connectivity index (χ3n) is 3.80. The van der Waals surface area contributed by atoms with Crippen LogP contribution in [0.5, 0.6) is 0 Å². The van der Waals surface area contributed by atoms with E-state index >= 15 is 0 Å². The minimum atomic E-state index is 0.240. The number of nitrogens with zero attached hydrogens (tertiary/aromatic N) is 4. The predicted molar refractivity (Wildman–Crippen MR) is 79.7 cm³/mol. The summed E-state index contributed by atoms with van der Waals surface area (Å²) in [6, 6.07) is 0. The van der Waals surface area contributed by atoms with Crippen LogP contribution in [0.15, 0.2) is 0 Å². The van der Waals surface area contributed by atoms with E-state index in [0.29, 0.717) is 13.0 Å². The third kappa shape index (κ3) is 2.92. The zero-order valence-corrected chi connectivity index (χ0v) is 12.9. The van der Waals surface area contributed by atoms with Crippen molar-refractivity contribution in [3.63, 3.8) is 0 Å². The number of carbonyl (C=O) groups excluding carboxylic acids is 1. The number of carbonyl (C=O) groups is 1. The number of aryl methyl sites for hydroxylation is 1. The molecule has 2 heterocycles. The van der Waals surface area contributed by atoms with E-state index in [1.807, 2.05) is 25.8 Å². The highest BCUT2D eigenvalue weighted by Gasteiger charge is 2.25. The minimum Gasteiger partial charge on any atom is -0.360 e. The SMILES string of the molecule is CCCC(=O)N1CCc2nc(C)nc(N(C)CC)c2C1. The molecule has 5 nitrogen and oxygen atoms in total. The third-order valence-corrected chi connectivity index (χ3v) is 3.80. The quantitative estimate of drug-likeness (QED) is 0.843. The lowest BCUT2D eigenvalue weighted by molar-refractivity contribution is -0.132. The Balaban J connectivity index is 2.31. The van der Waals surface area contributed by atoms with E-state index in [1.54, 1.807) is 0 Å². The van der Waals surface area contributed by atoms with E-state index in [-0.39, 0.29) is 5.91 Å². The van der Waals surface area contributed by atoms with Gasteiger partial charge in [0.1, 0.15) is 11.6 Å². The maximum Gasteiger partial charge on any atom is 0.222 e. The second-order valence-corrected chi connectivity index (χ2v) is 5.35. The van der Waals surface area contributed by atoms with Crippen LogP contribution in [0.25, 0.3) is 0 Å². The molecule has 0 radical (unpaired) electrons. The van der Waals surface area contributed by atoms with Gasteiger partial charge in [-0.25, -0.2) is 9.97 Å². The maximum absolute atomic E-state index is 12.1. The van der Waals surface area contributed by atoms with Gasteiger partial charge in [-0.05, 0) is 20.3 Å². The Morgan fingerprint density at radius 3 is 2.75 bits per heavy atom. The molecule has 0 N–H and O–H groups in total. The van der Waals surface area contributed by atoms with Crippen molar-refractivity contribution >= 4 is 11.7 Å². The number of fused-ring (bicyclic) bond motifs is 1. The molecular formula is C15H24N4O. The molecule has 1 aliphatic heterocycles. The van der Waals surface area contributed by atoms with Crippen molar-refractivity contribution in [3.8, 4) is 0 Å². The van der Waals surface area contributed by atoms with Crippen LogP contribution in [-0.2, 0) is 17.8 Å². The van der Waals surface area contributed by atoms with Gasteiger partial charge in [-0.3, -0.25) is 4.79 Å².